The summed E-state index contributed by atoms with van der Waals surface area (Å²) in [5.74, 6) is 0.976. The molecule has 1 aromatic carbocycles. The van der Waals surface area contributed by atoms with E-state index in [0.717, 1.165) is 31.5 Å². The highest BCUT2D eigenvalue weighted by molar-refractivity contribution is 5.92. The van der Waals surface area contributed by atoms with Gasteiger partial charge in [-0.05, 0) is 37.5 Å². The molecule has 8 heteroatoms. The maximum absolute atomic E-state index is 12.7. The molecule has 30 heavy (non-hydrogen) atoms. The van der Waals surface area contributed by atoms with E-state index in [4.69, 9.17) is 4.74 Å². The van der Waals surface area contributed by atoms with Crippen LogP contribution in [0.25, 0.3) is 0 Å². The Hall–Kier alpha value is -3.16. The van der Waals surface area contributed by atoms with Gasteiger partial charge in [0.2, 0.25) is 0 Å². The summed E-state index contributed by atoms with van der Waals surface area (Å²) in [6, 6.07) is 10.6. The molecule has 0 aliphatic carbocycles. The Balaban J connectivity index is 1.68. The number of benzene rings is 1. The van der Waals surface area contributed by atoms with Crippen LogP contribution in [0.15, 0.2) is 36.4 Å². The number of rotatable bonds is 8. The molecule has 8 nitrogen and oxygen atoms in total. The lowest BCUT2D eigenvalue weighted by Gasteiger charge is -2.21. The van der Waals surface area contributed by atoms with Gasteiger partial charge in [0.15, 0.2) is 18.1 Å². The summed E-state index contributed by atoms with van der Waals surface area (Å²) in [7, 11) is 3.73. The van der Waals surface area contributed by atoms with E-state index in [9.17, 15) is 9.59 Å². The highest BCUT2D eigenvalue weighted by atomic mass is 16.5. The Kier molecular flexibility index (Phi) is 7.21. The van der Waals surface area contributed by atoms with Gasteiger partial charge in [-0.2, -0.15) is 0 Å². The third-order valence-corrected chi connectivity index (χ3v) is 5.16. The summed E-state index contributed by atoms with van der Waals surface area (Å²) < 4.78 is 5.85. The maximum Gasteiger partial charge on any atom is 0.272 e. The lowest BCUT2D eigenvalue weighted by molar-refractivity contribution is -0.132. The standard InChI is InChI=1S/C22H29N5O3/c1-4-17(23-22(29)18-11-12-20(25-24-18)26(2)3)16-9-5-6-10-19(16)30-15-21(28)27-13-7-8-14-27/h5-6,9-12,17H,4,7-8,13-15H2,1-3H3,(H,23,29). The topological polar surface area (TPSA) is 87.7 Å². The number of aromatic nitrogens is 2. The Morgan fingerprint density at radius 3 is 2.50 bits per heavy atom. The van der Waals surface area contributed by atoms with Crippen LogP contribution in [0.2, 0.25) is 0 Å². The van der Waals surface area contributed by atoms with E-state index in [-0.39, 0.29) is 30.2 Å². The van der Waals surface area contributed by atoms with Crippen LogP contribution in [0.1, 0.15) is 48.3 Å². The number of amides is 2. The zero-order valence-electron chi connectivity index (χ0n) is 17.8. The van der Waals surface area contributed by atoms with Crippen molar-refractivity contribution in [2.75, 3.05) is 38.7 Å². The second-order valence-corrected chi connectivity index (χ2v) is 7.52. The molecule has 3 rings (SSSR count). The van der Waals surface area contributed by atoms with Crippen LogP contribution in [0.5, 0.6) is 5.75 Å². The van der Waals surface area contributed by atoms with Crippen molar-refractivity contribution < 1.29 is 14.3 Å². The first-order chi connectivity index (χ1) is 14.5. The minimum Gasteiger partial charge on any atom is -0.483 e. The van der Waals surface area contributed by atoms with Crippen molar-refractivity contribution in [3.05, 3.63) is 47.7 Å². The summed E-state index contributed by atoms with van der Waals surface area (Å²) >= 11 is 0. The number of nitrogens with one attached hydrogen (secondary N) is 1. The Morgan fingerprint density at radius 2 is 1.87 bits per heavy atom. The van der Waals surface area contributed by atoms with E-state index in [1.54, 1.807) is 12.1 Å². The van der Waals surface area contributed by atoms with E-state index in [2.05, 4.69) is 15.5 Å². The molecular formula is C22H29N5O3. The summed E-state index contributed by atoms with van der Waals surface area (Å²) in [4.78, 5) is 28.7. The van der Waals surface area contributed by atoms with Gasteiger partial charge in [0.1, 0.15) is 5.75 Å². The van der Waals surface area contributed by atoms with Crippen molar-refractivity contribution in [3.8, 4) is 5.75 Å². The van der Waals surface area contributed by atoms with Crippen molar-refractivity contribution in [1.82, 2.24) is 20.4 Å². The van der Waals surface area contributed by atoms with Crippen LogP contribution in [0.3, 0.4) is 0 Å². The number of para-hydroxylation sites is 1. The molecule has 0 bridgehead atoms. The molecule has 0 saturated carbocycles. The Bertz CT molecular complexity index is 863. The van der Waals surface area contributed by atoms with E-state index in [1.807, 2.05) is 55.1 Å². The lowest BCUT2D eigenvalue weighted by atomic mass is 10.0. The van der Waals surface area contributed by atoms with Crippen LogP contribution in [-0.2, 0) is 4.79 Å². The molecule has 1 saturated heterocycles. The SMILES string of the molecule is CCC(NC(=O)c1ccc(N(C)C)nn1)c1ccccc1OCC(=O)N1CCCC1. The number of nitrogens with zero attached hydrogens (tertiary/aromatic N) is 4. The zero-order chi connectivity index (χ0) is 21.5. The molecule has 2 heterocycles. The van der Waals surface area contributed by atoms with Crippen molar-refractivity contribution in [2.24, 2.45) is 0 Å². The molecule has 1 aliphatic heterocycles. The van der Waals surface area contributed by atoms with Gasteiger partial charge >= 0.3 is 0 Å². The van der Waals surface area contributed by atoms with Crippen molar-refractivity contribution >= 4 is 17.6 Å². The number of ether oxygens (including phenoxy) is 1. The van der Waals surface area contributed by atoms with Crippen LogP contribution in [-0.4, -0.2) is 60.7 Å². The second kappa shape index (κ2) is 10.0. The molecule has 1 aromatic heterocycles. The van der Waals surface area contributed by atoms with E-state index < -0.39 is 0 Å². The molecule has 1 atom stereocenters. The van der Waals surface area contributed by atoms with E-state index in [1.165, 1.54) is 0 Å². The van der Waals surface area contributed by atoms with Gasteiger partial charge in [-0.3, -0.25) is 9.59 Å². The Morgan fingerprint density at radius 1 is 1.13 bits per heavy atom. The van der Waals surface area contributed by atoms with Crippen molar-refractivity contribution in [2.45, 2.75) is 32.2 Å². The van der Waals surface area contributed by atoms with Crippen LogP contribution >= 0.6 is 0 Å². The molecule has 1 N–H and O–H groups in total. The molecule has 2 aromatic rings. The monoisotopic (exact) mass is 411 g/mol. The summed E-state index contributed by atoms with van der Waals surface area (Å²) in [6.07, 6.45) is 2.75. The number of anilines is 1. The molecule has 1 aliphatic rings. The number of likely N-dealkylation sites (tertiary alicyclic amines) is 1. The average Bonchev–Trinajstić information content (AvgIpc) is 3.31. The predicted octanol–water partition coefficient (Wildman–Crippen LogP) is 2.42. The van der Waals surface area contributed by atoms with E-state index >= 15 is 0 Å². The molecule has 1 fully saturated rings. The van der Waals surface area contributed by atoms with Crippen molar-refractivity contribution in [3.63, 3.8) is 0 Å². The largest absolute Gasteiger partial charge is 0.483 e. The van der Waals surface area contributed by atoms with Gasteiger partial charge in [0, 0.05) is 32.7 Å². The second-order valence-electron chi connectivity index (χ2n) is 7.52. The molecule has 0 spiro atoms. The maximum atomic E-state index is 12.7. The molecule has 2 amide bonds. The fourth-order valence-corrected chi connectivity index (χ4v) is 3.41. The fraction of sp³-hybridized carbons (Fsp3) is 0.455. The van der Waals surface area contributed by atoms with Gasteiger partial charge in [-0.15, -0.1) is 10.2 Å². The third kappa shape index (κ3) is 5.25. The molecular weight excluding hydrogens is 382 g/mol. The number of hydrogen-bond acceptors (Lipinski definition) is 6. The van der Waals surface area contributed by atoms with Gasteiger partial charge in [-0.25, -0.2) is 0 Å². The van der Waals surface area contributed by atoms with E-state index in [0.29, 0.717) is 18.0 Å². The smallest absolute Gasteiger partial charge is 0.272 e. The first-order valence-corrected chi connectivity index (χ1v) is 10.3. The number of carbonyl (C=O) groups excluding carboxylic acids is 2. The number of carbonyl (C=O) groups is 2. The van der Waals surface area contributed by atoms with Crippen LogP contribution in [0, 0.1) is 0 Å². The first kappa shape index (κ1) is 21.5. The predicted molar refractivity (Wildman–Crippen MR) is 115 cm³/mol. The normalized spacial score (nSPS) is 14.3. The fourth-order valence-electron chi connectivity index (χ4n) is 3.41. The zero-order valence-corrected chi connectivity index (χ0v) is 17.8. The van der Waals surface area contributed by atoms with Crippen LogP contribution in [0.4, 0.5) is 5.82 Å². The van der Waals surface area contributed by atoms with Gasteiger partial charge < -0.3 is 19.9 Å². The van der Waals surface area contributed by atoms with Crippen LogP contribution < -0.4 is 15.0 Å². The van der Waals surface area contributed by atoms with Gasteiger partial charge in [0.05, 0.1) is 6.04 Å². The molecule has 0 radical (unpaired) electrons. The summed E-state index contributed by atoms with van der Waals surface area (Å²) in [5, 5.41) is 11.1. The van der Waals surface area contributed by atoms with Gasteiger partial charge in [-0.1, -0.05) is 25.1 Å². The highest BCUT2D eigenvalue weighted by Gasteiger charge is 2.21. The highest BCUT2D eigenvalue weighted by Crippen LogP contribution is 2.27. The third-order valence-electron chi connectivity index (χ3n) is 5.16. The van der Waals surface area contributed by atoms with Gasteiger partial charge in [0.25, 0.3) is 11.8 Å². The average molecular weight is 412 g/mol. The summed E-state index contributed by atoms with van der Waals surface area (Å²) in [5.41, 5.74) is 1.09. The molecule has 1 unspecified atom stereocenters. The quantitative estimate of drug-likeness (QED) is 0.718. The minimum atomic E-state index is -0.303. The Labute approximate surface area is 177 Å². The first-order valence-electron chi connectivity index (χ1n) is 10.3. The van der Waals surface area contributed by atoms with Crippen molar-refractivity contribution in [1.29, 1.82) is 0 Å². The lowest BCUT2D eigenvalue weighted by Crippen LogP contribution is -2.33. The number of hydrogen-bond donors (Lipinski definition) is 1. The minimum absolute atomic E-state index is 0.00112. The summed E-state index contributed by atoms with van der Waals surface area (Å²) in [6.45, 7) is 3.58. The molecule has 160 valence electrons.